The van der Waals surface area contributed by atoms with Crippen LogP contribution in [0, 0.1) is 0 Å². The molecule has 100 valence electrons. The van der Waals surface area contributed by atoms with E-state index in [0.29, 0.717) is 6.54 Å². The quantitative estimate of drug-likeness (QED) is 0.801. The maximum Gasteiger partial charge on any atom is 0.414 e. The number of amides is 1. The molecule has 2 heterocycles. The van der Waals surface area contributed by atoms with Crippen LogP contribution in [0.15, 0.2) is 42.9 Å². The fraction of sp³-hybridized carbons (Fsp3) is 0.133. The third kappa shape index (κ3) is 2.66. The predicted molar refractivity (Wildman–Crippen MR) is 73.5 cm³/mol. The summed E-state index contributed by atoms with van der Waals surface area (Å²) in [6.45, 7) is 0.731. The van der Waals surface area contributed by atoms with E-state index in [4.69, 9.17) is 4.74 Å². The number of carbonyl (C=O) groups excluding carboxylic acids is 1. The molecule has 1 aromatic heterocycles. The molecule has 0 radical (unpaired) electrons. The Bertz CT molecular complexity index is 728. The highest BCUT2D eigenvalue weighted by Crippen LogP contribution is 2.04. The topological polar surface area (TPSA) is 55.3 Å². The van der Waals surface area contributed by atoms with Crippen LogP contribution in [0.1, 0.15) is 5.56 Å². The van der Waals surface area contributed by atoms with Gasteiger partial charge in [0.15, 0.2) is 0 Å². The molecule has 0 atom stereocenters. The molecule has 0 saturated heterocycles. The lowest BCUT2D eigenvalue weighted by atomic mass is 10.2. The summed E-state index contributed by atoms with van der Waals surface area (Å²) >= 11 is 0. The lowest BCUT2D eigenvalue weighted by molar-refractivity contribution is 0.118. The van der Waals surface area contributed by atoms with Crippen molar-refractivity contribution in [2.24, 2.45) is 0 Å². The highest BCUT2D eigenvalue weighted by atomic mass is 16.6. The number of fused-ring (bicyclic) bond motifs is 1. The Morgan fingerprint density at radius 2 is 2.15 bits per heavy atom. The van der Waals surface area contributed by atoms with Crippen LogP contribution in [0.2, 0.25) is 0 Å². The predicted octanol–water partition coefficient (Wildman–Crippen LogP) is 0.647. The standard InChI is InChI=1S/C15H13N3O2/c19-15(20-10-12-4-2-1-3-5-12)18-7-6-13-8-16-11-17-14(13)9-18/h1-6,8-9,11H,7,10H2. The number of hydrogen-bond acceptors (Lipinski definition) is 4. The first-order chi connectivity index (χ1) is 9.83. The van der Waals surface area contributed by atoms with Gasteiger partial charge in [0.2, 0.25) is 0 Å². The first kappa shape index (κ1) is 12.3. The second-order valence-electron chi connectivity index (χ2n) is 4.39. The van der Waals surface area contributed by atoms with Crippen molar-refractivity contribution in [3.63, 3.8) is 0 Å². The third-order valence-electron chi connectivity index (χ3n) is 3.00. The molecule has 0 unspecified atom stereocenters. The number of hydrogen-bond donors (Lipinski definition) is 0. The number of ether oxygens (including phenoxy) is 1. The number of rotatable bonds is 2. The summed E-state index contributed by atoms with van der Waals surface area (Å²) in [6.07, 6.45) is 6.39. The van der Waals surface area contributed by atoms with E-state index in [2.05, 4.69) is 9.97 Å². The van der Waals surface area contributed by atoms with Gasteiger partial charge in [-0.2, -0.15) is 0 Å². The molecule has 3 rings (SSSR count). The summed E-state index contributed by atoms with van der Waals surface area (Å²) in [5.41, 5.74) is 0.963. The molecule has 5 heteroatoms. The normalized spacial score (nSPS) is 12.9. The van der Waals surface area contributed by atoms with Gasteiger partial charge >= 0.3 is 6.09 Å². The van der Waals surface area contributed by atoms with Crippen molar-refractivity contribution in [1.82, 2.24) is 14.9 Å². The molecular weight excluding hydrogens is 254 g/mol. The summed E-state index contributed by atoms with van der Waals surface area (Å²) in [6, 6.07) is 9.59. The Balaban J connectivity index is 1.69. The van der Waals surface area contributed by atoms with Crippen LogP contribution in [0.4, 0.5) is 4.79 Å². The van der Waals surface area contributed by atoms with Crippen LogP contribution in [0.25, 0.3) is 12.3 Å². The van der Waals surface area contributed by atoms with Crippen LogP contribution in [-0.2, 0) is 11.3 Å². The minimum absolute atomic E-state index is 0.265. The van der Waals surface area contributed by atoms with E-state index in [1.54, 1.807) is 12.4 Å². The van der Waals surface area contributed by atoms with E-state index < -0.39 is 0 Å². The van der Waals surface area contributed by atoms with Crippen LogP contribution in [0.3, 0.4) is 0 Å². The van der Waals surface area contributed by atoms with E-state index in [1.165, 1.54) is 11.2 Å². The summed E-state index contributed by atoms with van der Waals surface area (Å²) in [5.74, 6) is 0. The van der Waals surface area contributed by atoms with E-state index in [-0.39, 0.29) is 12.7 Å². The zero-order chi connectivity index (χ0) is 13.8. The van der Waals surface area contributed by atoms with Gasteiger partial charge in [0.05, 0.1) is 5.35 Å². The smallest absolute Gasteiger partial charge is 0.414 e. The summed E-state index contributed by atoms with van der Waals surface area (Å²) < 4.78 is 5.27. The fourth-order valence-corrected chi connectivity index (χ4v) is 1.94. The van der Waals surface area contributed by atoms with Gasteiger partial charge in [-0.05, 0) is 5.56 Å². The largest absolute Gasteiger partial charge is 0.444 e. The van der Waals surface area contributed by atoms with Gasteiger partial charge in [-0.3, -0.25) is 4.90 Å². The van der Waals surface area contributed by atoms with E-state index >= 15 is 0 Å². The molecule has 20 heavy (non-hydrogen) atoms. The molecule has 1 aromatic carbocycles. The van der Waals surface area contributed by atoms with Gasteiger partial charge in [0.25, 0.3) is 0 Å². The van der Waals surface area contributed by atoms with E-state index in [1.807, 2.05) is 36.4 Å². The van der Waals surface area contributed by atoms with Crippen LogP contribution in [0.5, 0.6) is 0 Å². The second kappa shape index (κ2) is 5.52. The summed E-state index contributed by atoms with van der Waals surface area (Å²) in [4.78, 5) is 21.6. The van der Waals surface area contributed by atoms with E-state index in [0.717, 1.165) is 16.1 Å². The molecule has 1 aliphatic rings. The molecule has 0 aliphatic carbocycles. The van der Waals surface area contributed by atoms with Crippen LogP contribution < -0.4 is 10.6 Å². The third-order valence-corrected chi connectivity index (χ3v) is 3.00. The van der Waals surface area contributed by atoms with Crippen molar-refractivity contribution in [1.29, 1.82) is 0 Å². The van der Waals surface area contributed by atoms with Crippen molar-refractivity contribution in [3.05, 3.63) is 59.0 Å². The molecule has 0 N–H and O–H groups in total. The second-order valence-corrected chi connectivity index (χ2v) is 4.39. The van der Waals surface area contributed by atoms with Crippen molar-refractivity contribution in [3.8, 4) is 0 Å². The van der Waals surface area contributed by atoms with Gasteiger partial charge in [0, 0.05) is 24.2 Å². The van der Waals surface area contributed by atoms with Gasteiger partial charge in [-0.15, -0.1) is 0 Å². The lowest BCUT2D eigenvalue weighted by Crippen LogP contribution is -2.40. The Hall–Kier alpha value is -2.69. The zero-order valence-corrected chi connectivity index (χ0v) is 10.8. The zero-order valence-electron chi connectivity index (χ0n) is 10.8. The molecule has 1 amide bonds. The van der Waals surface area contributed by atoms with Gasteiger partial charge in [-0.1, -0.05) is 36.4 Å². The van der Waals surface area contributed by atoms with Crippen molar-refractivity contribution >= 4 is 18.4 Å². The van der Waals surface area contributed by atoms with E-state index in [9.17, 15) is 4.79 Å². The Morgan fingerprint density at radius 3 is 3.00 bits per heavy atom. The number of benzene rings is 1. The van der Waals surface area contributed by atoms with Gasteiger partial charge in [0.1, 0.15) is 12.9 Å². The molecule has 5 nitrogen and oxygen atoms in total. The number of aromatic nitrogens is 2. The van der Waals surface area contributed by atoms with Crippen molar-refractivity contribution in [2.45, 2.75) is 6.61 Å². The molecule has 0 spiro atoms. The van der Waals surface area contributed by atoms with Gasteiger partial charge in [-0.25, -0.2) is 14.8 Å². The number of carbonyl (C=O) groups is 1. The molecule has 0 bridgehead atoms. The average molecular weight is 267 g/mol. The Labute approximate surface area is 115 Å². The fourth-order valence-electron chi connectivity index (χ4n) is 1.94. The SMILES string of the molecule is O=C(OCc1ccccc1)N1C=c2ncncc2=CC1. The average Bonchev–Trinajstić information content (AvgIpc) is 2.53. The molecular formula is C15H13N3O2. The van der Waals surface area contributed by atoms with Crippen molar-refractivity contribution < 1.29 is 9.53 Å². The van der Waals surface area contributed by atoms with Crippen molar-refractivity contribution in [2.75, 3.05) is 6.54 Å². The first-order valence-corrected chi connectivity index (χ1v) is 6.28. The number of nitrogens with zero attached hydrogens (tertiary/aromatic N) is 3. The van der Waals surface area contributed by atoms with Gasteiger partial charge < -0.3 is 4.74 Å². The molecule has 1 aliphatic heterocycles. The highest BCUT2D eigenvalue weighted by molar-refractivity contribution is 5.74. The maximum absolute atomic E-state index is 12.0. The Morgan fingerprint density at radius 1 is 1.30 bits per heavy atom. The summed E-state index contributed by atoms with van der Waals surface area (Å²) in [7, 11) is 0. The van der Waals surface area contributed by atoms with Crippen LogP contribution in [-0.4, -0.2) is 27.5 Å². The minimum atomic E-state index is -0.380. The maximum atomic E-state index is 12.0. The summed E-state index contributed by atoms with van der Waals surface area (Å²) in [5, 5.41) is 1.66. The lowest BCUT2D eigenvalue weighted by Gasteiger charge is -2.18. The first-order valence-electron chi connectivity index (χ1n) is 6.28. The molecule has 2 aromatic rings. The monoisotopic (exact) mass is 267 g/mol. The van der Waals surface area contributed by atoms with Crippen LogP contribution >= 0.6 is 0 Å². The minimum Gasteiger partial charge on any atom is -0.444 e. The molecule has 0 fully saturated rings. The molecule has 0 saturated carbocycles. The Kier molecular flexibility index (Phi) is 3.41. The highest BCUT2D eigenvalue weighted by Gasteiger charge is 2.14.